The number of amides is 1. The van der Waals surface area contributed by atoms with E-state index in [0.29, 0.717) is 0 Å². The molecular weight excluding hydrogens is 202 g/mol. The lowest BCUT2D eigenvalue weighted by Gasteiger charge is -2.26. The minimum Gasteiger partial charge on any atom is -0.381 e. The van der Waals surface area contributed by atoms with E-state index in [-0.39, 0.29) is 5.91 Å². The number of aliphatic hydroxyl groups is 1. The third-order valence-electron chi connectivity index (χ3n) is 2.54. The molecule has 3 heteroatoms. The lowest BCUT2D eigenvalue weighted by atomic mass is 10.1. The highest BCUT2D eigenvalue weighted by Gasteiger charge is 2.28. The highest BCUT2D eigenvalue weighted by molar-refractivity contribution is 5.98. The number of hydrogen-bond acceptors (Lipinski definition) is 2. The number of nitrogens with zero attached hydrogens (tertiary/aromatic N) is 1. The van der Waals surface area contributed by atoms with Crippen LogP contribution in [0.2, 0.25) is 0 Å². The van der Waals surface area contributed by atoms with Crippen LogP contribution in [0.5, 0.6) is 0 Å². The van der Waals surface area contributed by atoms with Gasteiger partial charge in [0.15, 0.2) is 0 Å². The first-order chi connectivity index (χ1) is 7.23. The first kappa shape index (κ1) is 12.7. The summed E-state index contributed by atoms with van der Waals surface area (Å²) >= 11 is 0. The van der Waals surface area contributed by atoms with Gasteiger partial charge in [0.05, 0.1) is 0 Å². The Morgan fingerprint density at radius 3 is 2.31 bits per heavy atom. The summed E-state index contributed by atoms with van der Waals surface area (Å²) in [5, 5.41) is 9.67. The van der Waals surface area contributed by atoms with Crippen molar-refractivity contribution in [2.75, 3.05) is 11.9 Å². The van der Waals surface area contributed by atoms with Crippen molar-refractivity contribution in [1.29, 1.82) is 0 Å². The van der Waals surface area contributed by atoms with Crippen LogP contribution in [0.15, 0.2) is 18.2 Å². The summed E-state index contributed by atoms with van der Waals surface area (Å²) in [6, 6.07) is 5.87. The maximum atomic E-state index is 11.9. The highest BCUT2D eigenvalue weighted by Crippen LogP contribution is 2.22. The minimum atomic E-state index is -1.34. The van der Waals surface area contributed by atoms with Crippen LogP contribution >= 0.6 is 0 Å². The topological polar surface area (TPSA) is 40.5 Å². The molecule has 0 atom stereocenters. The van der Waals surface area contributed by atoms with E-state index in [2.05, 4.69) is 0 Å². The fourth-order valence-electron chi connectivity index (χ4n) is 1.70. The van der Waals surface area contributed by atoms with Crippen molar-refractivity contribution < 1.29 is 9.90 Å². The van der Waals surface area contributed by atoms with E-state index in [4.69, 9.17) is 0 Å². The lowest BCUT2D eigenvalue weighted by Crippen LogP contribution is -2.43. The zero-order chi connectivity index (χ0) is 12.5. The quantitative estimate of drug-likeness (QED) is 0.830. The smallest absolute Gasteiger partial charge is 0.258 e. The van der Waals surface area contributed by atoms with Crippen LogP contribution in [-0.2, 0) is 4.79 Å². The number of carbonyl (C=O) groups is 1. The van der Waals surface area contributed by atoms with Gasteiger partial charge in [0.1, 0.15) is 5.60 Å². The number of rotatable bonds is 2. The molecule has 0 aliphatic heterocycles. The number of anilines is 1. The van der Waals surface area contributed by atoms with E-state index < -0.39 is 5.60 Å². The Kier molecular flexibility index (Phi) is 3.38. The van der Waals surface area contributed by atoms with Crippen molar-refractivity contribution in [2.24, 2.45) is 0 Å². The van der Waals surface area contributed by atoms with Crippen molar-refractivity contribution in [3.63, 3.8) is 0 Å². The molecule has 0 heterocycles. The molecule has 1 amide bonds. The molecule has 0 saturated heterocycles. The van der Waals surface area contributed by atoms with E-state index in [1.807, 2.05) is 32.0 Å². The molecule has 0 aliphatic rings. The third-order valence-corrected chi connectivity index (χ3v) is 2.54. The maximum Gasteiger partial charge on any atom is 0.258 e. The summed E-state index contributed by atoms with van der Waals surface area (Å²) in [6.07, 6.45) is 0. The molecule has 3 nitrogen and oxygen atoms in total. The largest absolute Gasteiger partial charge is 0.381 e. The summed E-state index contributed by atoms with van der Waals surface area (Å²) in [7, 11) is 1.68. The van der Waals surface area contributed by atoms with Crippen LogP contribution in [0.25, 0.3) is 0 Å². The molecular formula is C13H19NO2. The standard InChI is InChI=1S/C13H19NO2/c1-9-6-7-11(10(2)8-9)14(5)12(15)13(3,4)16/h6-8,16H,1-5H3. The average Bonchev–Trinajstić information content (AvgIpc) is 2.14. The van der Waals surface area contributed by atoms with Gasteiger partial charge >= 0.3 is 0 Å². The van der Waals surface area contributed by atoms with E-state index >= 15 is 0 Å². The monoisotopic (exact) mass is 221 g/mol. The second kappa shape index (κ2) is 4.26. The molecule has 0 bridgehead atoms. The molecule has 88 valence electrons. The van der Waals surface area contributed by atoms with Crippen LogP contribution in [0.4, 0.5) is 5.69 Å². The van der Waals surface area contributed by atoms with Crippen LogP contribution in [0, 0.1) is 13.8 Å². The van der Waals surface area contributed by atoms with Crippen molar-refractivity contribution in [1.82, 2.24) is 0 Å². The highest BCUT2D eigenvalue weighted by atomic mass is 16.3. The number of likely N-dealkylation sites (N-methyl/N-ethyl adjacent to an activating group) is 1. The summed E-state index contributed by atoms with van der Waals surface area (Å²) in [5.41, 5.74) is 1.68. The summed E-state index contributed by atoms with van der Waals surface area (Å²) < 4.78 is 0. The second-order valence-corrected chi connectivity index (χ2v) is 4.71. The molecule has 0 aromatic heterocycles. The van der Waals surface area contributed by atoms with Crippen molar-refractivity contribution in [3.8, 4) is 0 Å². The van der Waals surface area contributed by atoms with Crippen LogP contribution < -0.4 is 4.90 Å². The SMILES string of the molecule is Cc1ccc(N(C)C(=O)C(C)(C)O)c(C)c1. The Hall–Kier alpha value is -1.35. The van der Waals surface area contributed by atoms with Crippen molar-refractivity contribution in [2.45, 2.75) is 33.3 Å². The summed E-state index contributed by atoms with van der Waals surface area (Å²) in [4.78, 5) is 13.4. The number of hydrogen-bond donors (Lipinski definition) is 1. The Morgan fingerprint density at radius 2 is 1.88 bits per heavy atom. The first-order valence-corrected chi connectivity index (χ1v) is 5.31. The number of carbonyl (C=O) groups excluding carboxylic acids is 1. The molecule has 0 aliphatic carbocycles. The fraction of sp³-hybridized carbons (Fsp3) is 0.462. The van der Waals surface area contributed by atoms with Crippen molar-refractivity contribution in [3.05, 3.63) is 29.3 Å². The third kappa shape index (κ3) is 2.61. The Bertz CT molecular complexity index is 405. The lowest BCUT2D eigenvalue weighted by molar-refractivity contribution is -0.133. The van der Waals surface area contributed by atoms with E-state index in [1.165, 1.54) is 18.7 Å². The van der Waals surface area contributed by atoms with Gasteiger partial charge in [0.2, 0.25) is 0 Å². The van der Waals surface area contributed by atoms with Gasteiger partial charge in [-0.05, 0) is 39.3 Å². The minimum absolute atomic E-state index is 0.306. The van der Waals surface area contributed by atoms with E-state index in [0.717, 1.165) is 16.8 Å². The molecule has 0 fully saturated rings. The van der Waals surface area contributed by atoms with Gasteiger partial charge in [-0.15, -0.1) is 0 Å². The van der Waals surface area contributed by atoms with Crippen LogP contribution in [-0.4, -0.2) is 23.7 Å². The van der Waals surface area contributed by atoms with Gasteiger partial charge in [-0.25, -0.2) is 0 Å². The van der Waals surface area contributed by atoms with Gasteiger partial charge < -0.3 is 10.0 Å². The Labute approximate surface area is 96.7 Å². The van der Waals surface area contributed by atoms with E-state index in [1.54, 1.807) is 7.05 Å². The molecule has 0 saturated carbocycles. The number of benzene rings is 1. The van der Waals surface area contributed by atoms with Gasteiger partial charge in [-0.3, -0.25) is 4.79 Å². The molecule has 1 N–H and O–H groups in total. The molecule has 1 aromatic rings. The van der Waals surface area contributed by atoms with Gasteiger partial charge in [0.25, 0.3) is 5.91 Å². The van der Waals surface area contributed by atoms with Crippen LogP contribution in [0.3, 0.4) is 0 Å². The second-order valence-electron chi connectivity index (χ2n) is 4.71. The molecule has 0 unspecified atom stereocenters. The van der Waals surface area contributed by atoms with Gasteiger partial charge in [-0.1, -0.05) is 17.7 Å². The van der Waals surface area contributed by atoms with E-state index in [9.17, 15) is 9.90 Å². The molecule has 16 heavy (non-hydrogen) atoms. The predicted octanol–water partition coefficient (Wildman–Crippen LogP) is 2.04. The molecule has 0 radical (unpaired) electrons. The average molecular weight is 221 g/mol. The van der Waals surface area contributed by atoms with Crippen LogP contribution in [0.1, 0.15) is 25.0 Å². The molecule has 1 aromatic carbocycles. The number of aryl methyl sites for hydroxylation is 2. The fourth-order valence-corrected chi connectivity index (χ4v) is 1.70. The normalized spacial score (nSPS) is 11.4. The Balaban J connectivity index is 3.06. The maximum absolute atomic E-state index is 11.9. The van der Waals surface area contributed by atoms with Gasteiger partial charge in [-0.2, -0.15) is 0 Å². The zero-order valence-electron chi connectivity index (χ0n) is 10.5. The van der Waals surface area contributed by atoms with Crippen molar-refractivity contribution >= 4 is 11.6 Å². The summed E-state index contributed by atoms with van der Waals surface area (Å²) in [5.74, 6) is -0.306. The Morgan fingerprint density at radius 1 is 1.31 bits per heavy atom. The molecule has 0 spiro atoms. The molecule has 1 rings (SSSR count). The first-order valence-electron chi connectivity index (χ1n) is 5.31. The predicted molar refractivity (Wildman–Crippen MR) is 65.6 cm³/mol. The van der Waals surface area contributed by atoms with Gasteiger partial charge in [0, 0.05) is 12.7 Å². The zero-order valence-corrected chi connectivity index (χ0v) is 10.5. The summed E-state index contributed by atoms with van der Waals surface area (Å²) in [6.45, 7) is 6.95.